The Labute approximate surface area is 273 Å². The average Bonchev–Trinajstić information content (AvgIpc) is 3.34. The van der Waals surface area contributed by atoms with Crippen LogP contribution < -0.4 is 29.7 Å². The molecule has 45 heavy (non-hydrogen) atoms. The number of methoxy groups -OCH3 is 1. The Morgan fingerprint density at radius 3 is 2.53 bits per heavy atom. The highest BCUT2D eigenvalue weighted by Gasteiger charge is 2.32. The number of benzene rings is 4. The van der Waals surface area contributed by atoms with E-state index >= 15 is 0 Å². The van der Waals surface area contributed by atoms with Crippen molar-refractivity contribution in [2.24, 2.45) is 4.99 Å². The van der Waals surface area contributed by atoms with Crippen molar-refractivity contribution in [2.75, 3.05) is 12.4 Å². The van der Waals surface area contributed by atoms with Crippen LogP contribution in [-0.4, -0.2) is 17.6 Å². The number of rotatable bonds is 8. The number of nitrogens with one attached hydrogen (secondary N) is 1. The van der Waals surface area contributed by atoms with Gasteiger partial charge in [0.2, 0.25) is 0 Å². The van der Waals surface area contributed by atoms with Crippen molar-refractivity contribution in [1.29, 1.82) is 0 Å². The molecule has 0 fully saturated rings. The van der Waals surface area contributed by atoms with Crippen LogP contribution in [0.25, 0.3) is 6.08 Å². The number of para-hydroxylation sites is 1. The third-order valence-electron chi connectivity index (χ3n) is 7.27. The zero-order chi connectivity index (χ0) is 31.5. The lowest BCUT2D eigenvalue weighted by Crippen LogP contribution is -2.40. The third kappa shape index (κ3) is 6.59. The summed E-state index contributed by atoms with van der Waals surface area (Å²) in [5.41, 5.74) is 3.59. The predicted octanol–water partition coefficient (Wildman–Crippen LogP) is 6.77. The number of hydrogen-bond acceptors (Lipinski definition) is 6. The molecule has 1 atom stereocenters. The number of carbonyl (C=O) groups is 1. The summed E-state index contributed by atoms with van der Waals surface area (Å²) in [6, 6.07) is 28.6. The van der Waals surface area contributed by atoms with E-state index in [1.165, 1.54) is 11.3 Å². The van der Waals surface area contributed by atoms with E-state index in [-0.39, 0.29) is 18.1 Å². The van der Waals surface area contributed by atoms with E-state index < -0.39 is 6.04 Å². The minimum Gasteiger partial charge on any atom is -0.497 e. The number of nitrogens with zero attached hydrogens (tertiary/aromatic N) is 2. The summed E-state index contributed by atoms with van der Waals surface area (Å²) in [6.07, 6.45) is 1.80. The highest BCUT2D eigenvalue weighted by Crippen LogP contribution is 2.32. The van der Waals surface area contributed by atoms with Gasteiger partial charge in [-0.05, 0) is 72.7 Å². The number of allylic oxidation sites excluding steroid dienone is 1. The molecule has 0 radical (unpaired) electrons. The number of anilines is 1. The Hall–Kier alpha value is -4.63. The summed E-state index contributed by atoms with van der Waals surface area (Å²) in [5.74, 6) is 0.895. The molecule has 226 valence electrons. The molecule has 1 aliphatic heterocycles. The molecule has 0 saturated heterocycles. The molecular formula is C35H27Cl2N3O4S. The SMILES string of the molecule is COc1cccc(C2C(C(=O)Nc3ccccc3)=C(C)N=c3sc(=Cc4cccc(OCc5ccc(Cl)cc5Cl)c4)c(=O)n32)c1. The quantitative estimate of drug-likeness (QED) is 0.200. The molecule has 1 aliphatic rings. The van der Waals surface area contributed by atoms with Crippen LogP contribution in [0, 0.1) is 0 Å². The first-order valence-corrected chi connectivity index (χ1v) is 15.6. The standard InChI is InChI=1S/C35H27Cl2N3O4S/c1-21-31(33(41)39-26-10-4-3-5-11-26)32(23-9-7-12-27(18-23)43-2)40-34(42)30(45-35(40)38-21)17-22-8-6-13-28(16-22)44-20-24-14-15-25(36)19-29(24)37/h3-19,32H,20H2,1-2H3,(H,39,41). The van der Waals surface area contributed by atoms with E-state index in [1.807, 2.05) is 84.9 Å². The Bertz CT molecular complexity index is 2120. The summed E-state index contributed by atoms with van der Waals surface area (Å²) in [7, 11) is 1.58. The lowest BCUT2D eigenvalue weighted by molar-refractivity contribution is -0.113. The topological polar surface area (TPSA) is 81.9 Å². The molecule has 0 bridgehead atoms. The fourth-order valence-electron chi connectivity index (χ4n) is 5.10. The van der Waals surface area contributed by atoms with E-state index in [9.17, 15) is 9.59 Å². The lowest BCUT2D eigenvalue weighted by atomic mass is 9.95. The Morgan fingerprint density at radius 2 is 1.76 bits per heavy atom. The second-order valence-corrected chi connectivity index (χ2v) is 12.1. The van der Waals surface area contributed by atoms with E-state index in [0.29, 0.717) is 47.8 Å². The van der Waals surface area contributed by atoms with Gasteiger partial charge >= 0.3 is 0 Å². The van der Waals surface area contributed by atoms with Crippen LogP contribution in [0.5, 0.6) is 11.5 Å². The molecule has 1 amide bonds. The van der Waals surface area contributed by atoms with Gasteiger partial charge in [0.05, 0.1) is 29.0 Å². The number of fused-ring (bicyclic) bond motifs is 1. The largest absolute Gasteiger partial charge is 0.497 e. The summed E-state index contributed by atoms with van der Waals surface area (Å²) in [5, 5.41) is 4.05. The maximum Gasteiger partial charge on any atom is 0.271 e. The second kappa shape index (κ2) is 13.2. The summed E-state index contributed by atoms with van der Waals surface area (Å²) in [4.78, 5) is 33.1. The molecule has 1 aromatic heterocycles. The van der Waals surface area contributed by atoms with Gasteiger partial charge in [-0.3, -0.25) is 14.2 Å². The zero-order valence-corrected chi connectivity index (χ0v) is 26.6. The summed E-state index contributed by atoms with van der Waals surface area (Å²) < 4.78 is 13.5. The molecule has 10 heteroatoms. The molecule has 1 N–H and O–H groups in total. The van der Waals surface area contributed by atoms with Gasteiger partial charge in [0.1, 0.15) is 18.1 Å². The Balaban J connectivity index is 1.38. The molecule has 2 heterocycles. The minimum atomic E-state index is -0.721. The minimum absolute atomic E-state index is 0.259. The van der Waals surface area contributed by atoms with Gasteiger partial charge in [-0.25, -0.2) is 4.99 Å². The number of hydrogen-bond donors (Lipinski definition) is 1. The van der Waals surface area contributed by atoms with Crippen LogP contribution >= 0.6 is 34.5 Å². The number of ether oxygens (including phenoxy) is 2. The highest BCUT2D eigenvalue weighted by molar-refractivity contribution is 7.07. The van der Waals surface area contributed by atoms with Crippen LogP contribution in [0.1, 0.15) is 29.7 Å². The Morgan fingerprint density at radius 1 is 0.978 bits per heavy atom. The maximum absolute atomic E-state index is 14.1. The first kappa shape index (κ1) is 30.4. The monoisotopic (exact) mass is 655 g/mol. The smallest absolute Gasteiger partial charge is 0.271 e. The number of thiazole rings is 1. The van der Waals surface area contributed by atoms with E-state index in [2.05, 4.69) is 5.32 Å². The number of carbonyl (C=O) groups excluding carboxylic acids is 1. The average molecular weight is 657 g/mol. The fourth-order valence-corrected chi connectivity index (χ4v) is 6.61. The summed E-state index contributed by atoms with van der Waals surface area (Å²) >= 11 is 13.6. The van der Waals surface area contributed by atoms with Crippen LogP contribution in [0.4, 0.5) is 5.69 Å². The van der Waals surface area contributed by atoms with Crippen molar-refractivity contribution in [2.45, 2.75) is 19.6 Å². The molecule has 0 saturated carbocycles. The number of amides is 1. The number of halogens is 2. The second-order valence-electron chi connectivity index (χ2n) is 10.3. The Kier molecular flexibility index (Phi) is 8.89. The van der Waals surface area contributed by atoms with Gasteiger partial charge in [0.15, 0.2) is 4.80 Å². The molecule has 0 spiro atoms. The van der Waals surface area contributed by atoms with Crippen LogP contribution in [-0.2, 0) is 11.4 Å². The third-order valence-corrected chi connectivity index (χ3v) is 8.84. The lowest BCUT2D eigenvalue weighted by Gasteiger charge is -2.25. The molecule has 5 aromatic rings. The van der Waals surface area contributed by atoms with Gasteiger partial charge in [-0.1, -0.05) is 83.1 Å². The fraction of sp³-hybridized carbons (Fsp3) is 0.114. The van der Waals surface area contributed by atoms with Gasteiger partial charge in [-0.2, -0.15) is 0 Å². The van der Waals surface area contributed by atoms with E-state index in [4.69, 9.17) is 37.7 Å². The van der Waals surface area contributed by atoms with Crippen LogP contribution in [0.15, 0.2) is 118 Å². The zero-order valence-electron chi connectivity index (χ0n) is 24.3. The molecule has 4 aromatic carbocycles. The first-order chi connectivity index (χ1) is 21.8. The highest BCUT2D eigenvalue weighted by atomic mass is 35.5. The molecule has 6 rings (SSSR count). The molecule has 0 aliphatic carbocycles. The molecule has 7 nitrogen and oxygen atoms in total. The predicted molar refractivity (Wildman–Crippen MR) is 179 cm³/mol. The van der Waals surface area contributed by atoms with Crippen LogP contribution in [0.2, 0.25) is 10.0 Å². The van der Waals surface area contributed by atoms with Crippen molar-refractivity contribution >= 4 is 52.2 Å². The van der Waals surface area contributed by atoms with E-state index in [1.54, 1.807) is 36.8 Å². The van der Waals surface area contributed by atoms with Gasteiger partial charge < -0.3 is 14.8 Å². The van der Waals surface area contributed by atoms with Crippen molar-refractivity contribution in [3.63, 3.8) is 0 Å². The first-order valence-electron chi connectivity index (χ1n) is 14.0. The van der Waals surface area contributed by atoms with Crippen molar-refractivity contribution < 1.29 is 14.3 Å². The van der Waals surface area contributed by atoms with Gasteiger partial charge in [0, 0.05) is 21.3 Å². The van der Waals surface area contributed by atoms with Gasteiger partial charge in [0.25, 0.3) is 11.5 Å². The van der Waals surface area contributed by atoms with Crippen molar-refractivity contribution in [1.82, 2.24) is 4.57 Å². The van der Waals surface area contributed by atoms with Gasteiger partial charge in [-0.15, -0.1) is 0 Å². The maximum atomic E-state index is 14.1. The summed E-state index contributed by atoms with van der Waals surface area (Å²) in [6.45, 7) is 2.05. The van der Waals surface area contributed by atoms with Crippen molar-refractivity contribution in [3.05, 3.63) is 155 Å². The van der Waals surface area contributed by atoms with Crippen molar-refractivity contribution in [3.8, 4) is 11.5 Å². The van der Waals surface area contributed by atoms with Crippen LogP contribution in [0.3, 0.4) is 0 Å². The molecular weight excluding hydrogens is 629 g/mol. The normalized spacial score (nSPS) is 14.5. The molecule has 1 unspecified atom stereocenters. The number of aromatic nitrogens is 1. The van der Waals surface area contributed by atoms with E-state index in [0.717, 1.165) is 16.7 Å².